The lowest BCUT2D eigenvalue weighted by Crippen LogP contribution is -2.06. The Hall–Kier alpha value is -2.34. The van der Waals surface area contributed by atoms with Gasteiger partial charge in [0.05, 0.1) is 12.2 Å². The molecular weight excluding hydrogens is 265 g/mol. The molecule has 0 aliphatic rings. The SMILES string of the molecule is CC(C)Oc1ccc(C(CC#N)c2ccc(F)cc2)cc1. The fourth-order valence-corrected chi connectivity index (χ4v) is 2.27. The molecule has 0 fully saturated rings. The Balaban J connectivity index is 2.26. The zero-order valence-corrected chi connectivity index (χ0v) is 12.2. The number of nitrogens with zero attached hydrogens (tertiary/aromatic N) is 1. The largest absolute Gasteiger partial charge is 0.491 e. The van der Waals surface area contributed by atoms with Crippen LogP contribution in [0, 0.1) is 17.1 Å². The molecule has 108 valence electrons. The van der Waals surface area contributed by atoms with E-state index in [-0.39, 0.29) is 17.8 Å². The van der Waals surface area contributed by atoms with E-state index >= 15 is 0 Å². The molecule has 2 aromatic rings. The number of halogens is 1. The molecule has 0 spiro atoms. The molecule has 0 saturated heterocycles. The predicted molar refractivity (Wildman–Crippen MR) is 80.7 cm³/mol. The summed E-state index contributed by atoms with van der Waals surface area (Å²) < 4.78 is 18.6. The summed E-state index contributed by atoms with van der Waals surface area (Å²) in [5.74, 6) is 0.488. The van der Waals surface area contributed by atoms with Crippen LogP contribution in [-0.2, 0) is 0 Å². The first-order valence-electron chi connectivity index (χ1n) is 6.99. The molecule has 0 N–H and O–H groups in total. The second-order valence-electron chi connectivity index (χ2n) is 5.20. The molecular formula is C18H18FNO. The van der Waals surface area contributed by atoms with Crippen LogP contribution in [0.4, 0.5) is 4.39 Å². The maximum absolute atomic E-state index is 13.0. The van der Waals surface area contributed by atoms with Crippen LogP contribution in [0.15, 0.2) is 48.5 Å². The monoisotopic (exact) mass is 283 g/mol. The van der Waals surface area contributed by atoms with Crippen molar-refractivity contribution in [3.8, 4) is 11.8 Å². The van der Waals surface area contributed by atoms with Gasteiger partial charge < -0.3 is 4.74 Å². The Morgan fingerprint density at radius 2 is 1.52 bits per heavy atom. The third kappa shape index (κ3) is 4.06. The Labute approximate surface area is 124 Å². The first-order chi connectivity index (χ1) is 10.1. The van der Waals surface area contributed by atoms with Gasteiger partial charge in [-0.25, -0.2) is 4.39 Å². The Kier molecular flexibility index (Phi) is 4.94. The van der Waals surface area contributed by atoms with Crippen LogP contribution >= 0.6 is 0 Å². The molecule has 0 radical (unpaired) electrons. The summed E-state index contributed by atoms with van der Waals surface area (Å²) in [6, 6.07) is 16.3. The van der Waals surface area contributed by atoms with E-state index in [1.165, 1.54) is 12.1 Å². The summed E-state index contributed by atoms with van der Waals surface area (Å²) in [6.45, 7) is 3.95. The molecule has 0 aliphatic heterocycles. The minimum Gasteiger partial charge on any atom is -0.491 e. The fraction of sp³-hybridized carbons (Fsp3) is 0.278. The molecule has 0 aromatic heterocycles. The van der Waals surface area contributed by atoms with Gasteiger partial charge in [-0.1, -0.05) is 24.3 Å². The van der Waals surface area contributed by atoms with Crippen molar-refractivity contribution in [2.75, 3.05) is 0 Å². The van der Waals surface area contributed by atoms with Crippen LogP contribution in [-0.4, -0.2) is 6.10 Å². The molecule has 0 aliphatic carbocycles. The minimum absolute atomic E-state index is 0.0521. The first kappa shape index (κ1) is 15.1. The van der Waals surface area contributed by atoms with Crippen molar-refractivity contribution in [3.63, 3.8) is 0 Å². The van der Waals surface area contributed by atoms with E-state index in [1.807, 2.05) is 38.1 Å². The molecule has 0 amide bonds. The van der Waals surface area contributed by atoms with Gasteiger partial charge in [-0.05, 0) is 49.2 Å². The van der Waals surface area contributed by atoms with E-state index in [1.54, 1.807) is 12.1 Å². The van der Waals surface area contributed by atoms with Crippen molar-refractivity contribution < 1.29 is 9.13 Å². The number of ether oxygens (including phenoxy) is 1. The molecule has 2 aromatic carbocycles. The highest BCUT2D eigenvalue weighted by Crippen LogP contribution is 2.29. The van der Waals surface area contributed by atoms with Crippen LogP contribution in [0.3, 0.4) is 0 Å². The van der Waals surface area contributed by atoms with E-state index in [4.69, 9.17) is 10.00 Å². The average Bonchev–Trinajstić information content (AvgIpc) is 2.46. The van der Waals surface area contributed by atoms with Crippen LogP contribution in [0.2, 0.25) is 0 Å². The van der Waals surface area contributed by atoms with Crippen LogP contribution in [0.25, 0.3) is 0 Å². The molecule has 0 heterocycles. The van der Waals surface area contributed by atoms with Gasteiger partial charge in [0.2, 0.25) is 0 Å². The molecule has 3 heteroatoms. The van der Waals surface area contributed by atoms with Crippen molar-refractivity contribution in [1.29, 1.82) is 5.26 Å². The number of benzene rings is 2. The van der Waals surface area contributed by atoms with Crippen molar-refractivity contribution in [1.82, 2.24) is 0 Å². The third-order valence-corrected chi connectivity index (χ3v) is 3.22. The van der Waals surface area contributed by atoms with Crippen molar-refractivity contribution in [2.45, 2.75) is 32.3 Å². The van der Waals surface area contributed by atoms with Crippen LogP contribution < -0.4 is 4.74 Å². The molecule has 21 heavy (non-hydrogen) atoms. The van der Waals surface area contributed by atoms with Gasteiger partial charge in [0.25, 0.3) is 0 Å². The quantitative estimate of drug-likeness (QED) is 0.799. The summed E-state index contributed by atoms with van der Waals surface area (Å²) >= 11 is 0. The van der Waals surface area contributed by atoms with Crippen molar-refractivity contribution in [2.24, 2.45) is 0 Å². The summed E-state index contributed by atoms with van der Waals surface area (Å²) in [6.07, 6.45) is 0.485. The van der Waals surface area contributed by atoms with Gasteiger partial charge in [-0.3, -0.25) is 0 Å². The highest BCUT2D eigenvalue weighted by atomic mass is 19.1. The standard InChI is InChI=1S/C18H18FNO/c1-13(2)21-17-9-5-15(6-10-17)18(11-12-20)14-3-7-16(19)8-4-14/h3-10,13,18H,11H2,1-2H3. The van der Waals surface area contributed by atoms with Gasteiger partial charge >= 0.3 is 0 Å². The van der Waals surface area contributed by atoms with E-state index in [0.29, 0.717) is 6.42 Å². The normalized spacial score (nSPS) is 12.0. The zero-order chi connectivity index (χ0) is 15.2. The fourth-order valence-electron chi connectivity index (χ4n) is 2.27. The number of rotatable bonds is 5. The lowest BCUT2D eigenvalue weighted by Gasteiger charge is -2.16. The lowest BCUT2D eigenvalue weighted by molar-refractivity contribution is 0.242. The van der Waals surface area contributed by atoms with E-state index in [9.17, 15) is 4.39 Å². The molecule has 1 atom stereocenters. The smallest absolute Gasteiger partial charge is 0.123 e. The number of nitriles is 1. The predicted octanol–water partition coefficient (Wildman–Crippen LogP) is 4.66. The third-order valence-electron chi connectivity index (χ3n) is 3.22. The van der Waals surface area contributed by atoms with Crippen LogP contribution in [0.1, 0.15) is 37.3 Å². The Bertz CT molecular complexity index is 611. The lowest BCUT2D eigenvalue weighted by atomic mass is 9.89. The second-order valence-corrected chi connectivity index (χ2v) is 5.20. The van der Waals surface area contributed by atoms with E-state index in [2.05, 4.69) is 6.07 Å². The van der Waals surface area contributed by atoms with E-state index < -0.39 is 0 Å². The Morgan fingerprint density at radius 1 is 1.00 bits per heavy atom. The highest BCUT2D eigenvalue weighted by Gasteiger charge is 2.14. The Morgan fingerprint density at radius 3 is 2.00 bits per heavy atom. The maximum atomic E-state index is 13.0. The second kappa shape index (κ2) is 6.90. The van der Waals surface area contributed by atoms with Gasteiger partial charge in [0, 0.05) is 12.3 Å². The minimum atomic E-state index is -0.268. The van der Waals surface area contributed by atoms with Crippen LogP contribution in [0.5, 0.6) is 5.75 Å². The van der Waals surface area contributed by atoms with Gasteiger partial charge in [0.15, 0.2) is 0 Å². The number of hydrogen-bond acceptors (Lipinski definition) is 2. The first-order valence-corrected chi connectivity index (χ1v) is 6.99. The molecule has 2 rings (SSSR count). The van der Waals surface area contributed by atoms with Gasteiger partial charge in [0.1, 0.15) is 11.6 Å². The highest BCUT2D eigenvalue weighted by molar-refractivity contribution is 5.37. The van der Waals surface area contributed by atoms with Crippen molar-refractivity contribution >= 4 is 0 Å². The topological polar surface area (TPSA) is 33.0 Å². The summed E-state index contributed by atoms with van der Waals surface area (Å²) in [5.41, 5.74) is 1.97. The molecule has 0 saturated carbocycles. The van der Waals surface area contributed by atoms with Crippen molar-refractivity contribution in [3.05, 3.63) is 65.5 Å². The van der Waals surface area contributed by atoms with Gasteiger partial charge in [-0.2, -0.15) is 5.26 Å². The molecule has 1 unspecified atom stereocenters. The zero-order valence-electron chi connectivity index (χ0n) is 12.2. The summed E-state index contributed by atoms with van der Waals surface area (Å²) in [4.78, 5) is 0. The van der Waals surface area contributed by atoms with E-state index in [0.717, 1.165) is 16.9 Å². The molecule has 2 nitrogen and oxygen atoms in total. The summed E-state index contributed by atoms with van der Waals surface area (Å²) in [5, 5.41) is 9.04. The average molecular weight is 283 g/mol. The van der Waals surface area contributed by atoms with Gasteiger partial charge in [-0.15, -0.1) is 0 Å². The maximum Gasteiger partial charge on any atom is 0.123 e. The summed E-state index contributed by atoms with van der Waals surface area (Å²) in [7, 11) is 0. The molecule has 0 bridgehead atoms. The number of hydrogen-bond donors (Lipinski definition) is 0.